The molecule has 0 radical (unpaired) electrons. The standard InChI is InChI=1S/C10H19N3S2/c1-4-9-7(3)8(5-6(2)15-9)12-13-10(11)14/h6-7,9H,4-5H2,1-3H3,(H3,11,13,14)/b12-8+/t6-,7-,9-/m0/s1. The molecule has 1 aliphatic rings. The van der Waals surface area contributed by atoms with E-state index in [1.165, 1.54) is 12.1 Å². The van der Waals surface area contributed by atoms with Crippen molar-refractivity contribution in [3.63, 3.8) is 0 Å². The number of nitrogens with zero attached hydrogens (tertiary/aromatic N) is 1. The fourth-order valence-electron chi connectivity index (χ4n) is 1.88. The van der Waals surface area contributed by atoms with E-state index in [2.05, 4.69) is 43.1 Å². The molecule has 0 aliphatic carbocycles. The molecule has 0 spiro atoms. The highest BCUT2D eigenvalue weighted by Crippen LogP contribution is 2.35. The second-order valence-electron chi connectivity index (χ2n) is 3.97. The molecular formula is C10H19N3S2. The van der Waals surface area contributed by atoms with Gasteiger partial charge in [-0.2, -0.15) is 16.9 Å². The molecule has 1 rings (SSSR count). The molecule has 3 atom stereocenters. The maximum atomic E-state index is 5.36. The van der Waals surface area contributed by atoms with E-state index >= 15 is 0 Å². The van der Waals surface area contributed by atoms with Crippen molar-refractivity contribution in [1.29, 1.82) is 0 Å². The Balaban J connectivity index is 2.69. The summed E-state index contributed by atoms with van der Waals surface area (Å²) in [4.78, 5) is 0. The van der Waals surface area contributed by atoms with E-state index in [0.29, 0.717) is 16.4 Å². The molecule has 1 saturated heterocycles. The van der Waals surface area contributed by atoms with Gasteiger partial charge in [-0.05, 0) is 25.1 Å². The largest absolute Gasteiger partial charge is 0.375 e. The van der Waals surface area contributed by atoms with Crippen LogP contribution in [0.5, 0.6) is 0 Å². The first-order valence-corrected chi connectivity index (χ1v) is 6.67. The third kappa shape index (κ3) is 3.65. The van der Waals surface area contributed by atoms with E-state index in [1.807, 2.05) is 0 Å². The van der Waals surface area contributed by atoms with Crippen LogP contribution in [-0.4, -0.2) is 21.3 Å². The van der Waals surface area contributed by atoms with Crippen LogP contribution in [0.3, 0.4) is 0 Å². The fraction of sp³-hybridized carbons (Fsp3) is 0.800. The Morgan fingerprint density at radius 3 is 2.87 bits per heavy atom. The van der Waals surface area contributed by atoms with Gasteiger partial charge in [0.15, 0.2) is 5.11 Å². The lowest BCUT2D eigenvalue weighted by Gasteiger charge is -2.32. The van der Waals surface area contributed by atoms with Crippen molar-refractivity contribution < 1.29 is 0 Å². The van der Waals surface area contributed by atoms with Crippen molar-refractivity contribution in [2.45, 2.75) is 44.1 Å². The van der Waals surface area contributed by atoms with Crippen molar-refractivity contribution in [2.75, 3.05) is 0 Å². The van der Waals surface area contributed by atoms with Crippen LogP contribution in [0.4, 0.5) is 0 Å². The highest BCUT2D eigenvalue weighted by molar-refractivity contribution is 8.00. The van der Waals surface area contributed by atoms with Crippen LogP contribution < -0.4 is 11.2 Å². The molecular weight excluding hydrogens is 226 g/mol. The molecule has 0 aromatic rings. The summed E-state index contributed by atoms with van der Waals surface area (Å²) in [5.41, 5.74) is 9.26. The summed E-state index contributed by atoms with van der Waals surface area (Å²) in [6, 6.07) is 0. The Hall–Kier alpha value is -0.290. The van der Waals surface area contributed by atoms with Gasteiger partial charge in [-0.15, -0.1) is 0 Å². The summed E-state index contributed by atoms with van der Waals surface area (Å²) in [7, 11) is 0. The third-order valence-electron chi connectivity index (χ3n) is 2.70. The van der Waals surface area contributed by atoms with E-state index in [4.69, 9.17) is 18.0 Å². The second-order valence-corrected chi connectivity index (χ2v) is 6.09. The van der Waals surface area contributed by atoms with Crippen LogP contribution in [0.15, 0.2) is 5.10 Å². The predicted molar refractivity (Wildman–Crippen MR) is 72.3 cm³/mol. The number of thioether (sulfide) groups is 1. The van der Waals surface area contributed by atoms with Gasteiger partial charge in [-0.1, -0.05) is 20.8 Å². The number of hydrogen-bond donors (Lipinski definition) is 2. The Morgan fingerprint density at radius 2 is 2.33 bits per heavy atom. The van der Waals surface area contributed by atoms with Crippen LogP contribution >= 0.6 is 24.0 Å². The van der Waals surface area contributed by atoms with Crippen LogP contribution in [0.25, 0.3) is 0 Å². The minimum absolute atomic E-state index is 0.244. The maximum Gasteiger partial charge on any atom is 0.184 e. The zero-order valence-electron chi connectivity index (χ0n) is 9.49. The normalized spacial score (nSPS) is 34.1. The Labute approximate surface area is 101 Å². The molecule has 0 unspecified atom stereocenters. The smallest absolute Gasteiger partial charge is 0.184 e. The van der Waals surface area contributed by atoms with Crippen LogP contribution in [0, 0.1) is 5.92 Å². The number of hydrazone groups is 1. The molecule has 0 amide bonds. The lowest BCUT2D eigenvalue weighted by atomic mass is 9.95. The molecule has 0 saturated carbocycles. The first-order chi connectivity index (χ1) is 7.04. The van der Waals surface area contributed by atoms with Gasteiger partial charge in [-0.3, -0.25) is 5.43 Å². The maximum absolute atomic E-state index is 5.36. The summed E-state index contributed by atoms with van der Waals surface area (Å²) >= 11 is 6.80. The topological polar surface area (TPSA) is 50.4 Å². The average molecular weight is 245 g/mol. The molecule has 0 aromatic carbocycles. The van der Waals surface area contributed by atoms with Gasteiger partial charge in [0.25, 0.3) is 0 Å². The van der Waals surface area contributed by atoms with Gasteiger partial charge < -0.3 is 5.73 Å². The molecule has 15 heavy (non-hydrogen) atoms. The molecule has 1 fully saturated rings. The quantitative estimate of drug-likeness (QED) is 0.578. The van der Waals surface area contributed by atoms with Gasteiger partial charge in [0, 0.05) is 22.1 Å². The van der Waals surface area contributed by atoms with E-state index < -0.39 is 0 Å². The van der Waals surface area contributed by atoms with Gasteiger partial charge in [0.05, 0.1) is 0 Å². The minimum Gasteiger partial charge on any atom is -0.375 e. The zero-order valence-corrected chi connectivity index (χ0v) is 11.1. The lowest BCUT2D eigenvalue weighted by Crippen LogP contribution is -2.35. The monoisotopic (exact) mass is 245 g/mol. The van der Waals surface area contributed by atoms with Gasteiger partial charge >= 0.3 is 0 Å². The highest BCUT2D eigenvalue weighted by atomic mass is 32.2. The molecule has 1 aliphatic heterocycles. The molecule has 0 aromatic heterocycles. The summed E-state index contributed by atoms with van der Waals surface area (Å²) in [5.74, 6) is 0.512. The Morgan fingerprint density at radius 1 is 1.67 bits per heavy atom. The van der Waals surface area contributed by atoms with Crippen molar-refractivity contribution in [3.8, 4) is 0 Å². The fourth-order valence-corrected chi connectivity index (χ4v) is 3.38. The summed E-state index contributed by atoms with van der Waals surface area (Å²) < 4.78 is 0. The number of nitrogens with two attached hydrogens (primary N) is 1. The van der Waals surface area contributed by atoms with Gasteiger partial charge in [0.2, 0.25) is 0 Å². The number of nitrogens with one attached hydrogen (secondary N) is 1. The number of thiocarbonyl (C=S) groups is 1. The van der Waals surface area contributed by atoms with Crippen LogP contribution in [-0.2, 0) is 0 Å². The first-order valence-electron chi connectivity index (χ1n) is 5.32. The molecule has 3 nitrogen and oxygen atoms in total. The first kappa shape index (κ1) is 12.8. The van der Waals surface area contributed by atoms with Crippen molar-refractivity contribution in [3.05, 3.63) is 0 Å². The van der Waals surface area contributed by atoms with Gasteiger partial charge in [0.1, 0.15) is 0 Å². The molecule has 5 heteroatoms. The number of hydrogen-bond acceptors (Lipinski definition) is 3. The molecule has 3 N–H and O–H groups in total. The van der Waals surface area contributed by atoms with Crippen molar-refractivity contribution in [1.82, 2.24) is 5.43 Å². The lowest BCUT2D eigenvalue weighted by molar-refractivity contribution is 0.645. The summed E-state index contributed by atoms with van der Waals surface area (Å²) in [6.45, 7) is 6.70. The van der Waals surface area contributed by atoms with Gasteiger partial charge in [-0.25, -0.2) is 0 Å². The predicted octanol–water partition coefficient (Wildman–Crippen LogP) is 2.12. The second kappa shape index (κ2) is 5.70. The average Bonchev–Trinajstić information content (AvgIpc) is 2.18. The molecule has 86 valence electrons. The SMILES string of the molecule is CC[C@@H]1S[C@@H](C)C/C(=N\NC(N)=S)[C@@H]1C. The summed E-state index contributed by atoms with van der Waals surface area (Å²) in [5, 5.41) is 5.85. The third-order valence-corrected chi connectivity index (χ3v) is 4.51. The van der Waals surface area contributed by atoms with Crippen LogP contribution in [0.2, 0.25) is 0 Å². The van der Waals surface area contributed by atoms with E-state index in [-0.39, 0.29) is 5.11 Å². The Bertz CT molecular complexity index is 265. The molecule has 0 bridgehead atoms. The highest BCUT2D eigenvalue weighted by Gasteiger charge is 2.29. The van der Waals surface area contributed by atoms with Crippen LogP contribution in [0.1, 0.15) is 33.6 Å². The minimum atomic E-state index is 0.244. The van der Waals surface area contributed by atoms with Crippen molar-refractivity contribution in [2.24, 2.45) is 16.8 Å². The van der Waals surface area contributed by atoms with Crippen molar-refractivity contribution >= 4 is 34.8 Å². The Kier molecular flexibility index (Phi) is 4.86. The van der Waals surface area contributed by atoms with E-state index in [1.54, 1.807) is 0 Å². The molecule has 1 heterocycles. The summed E-state index contributed by atoms with van der Waals surface area (Å²) in [6.07, 6.45) is 2.21. The zero-order chi connectivity index (χ0) is 11.4. The van der Waals surface area contributed by atoms with E-state index in [9.17, 15) is 0 Å². The number of rotatable bonds is 2. The van der Waals surface area contributed by atoms with E-state index in [0.717, 1.165) is 6.42 Å².